The Balaban J connectivity index is 1.71. The van der Waals surface area contributed by atoms with E-state index in [0.717, 1.165) is 24.0 Å². The van der Waals surface area contributed by atoms with Crippen LogP contribution < -0.4 is 4.72 Å². The number of halogens is 2. The molecule has 0 saturated carbocycles. The molecule has 0 unspecified atom stereocenters. The van der Waals surface area contributed by atoms with Crippen molar-refractivity contribution in [3.05, 3.63) is 76.0 Å². The third-order valence-corrected chi connectivity index (χ3v) is 6.12. The highest BCUT2D eigenvalue weighted by molar-refractivity contribution is 7.92. The van der Waals surface area contributed by atoms with E-state index in [9.17, 15) is 8.42 Å². The van der Waals surface area contributed by atoms with Crippen LogP contribution in [-0.2, 0) is 23.0 Å². The van der Waals surface area contributed by atoms with E-state index in [0.29, 0.717) is 22.3 Å². The fourth-order valence-electron chi connectivity index (χ4n) is 2.67. The van der Waals surface area contributed by atoms with Crippen LogP contribution in [0.4, 0.5) is 5.69 Å². The van der Waals surface area contributed by atoms with Crippen molar-refractivity contribution in [2.75, 3.05) is 4.72 Å². The number of nitrogens with zero attached hydrogens (tertiary/aromatic N) is 2. The molecule has 142 valence electrons. The lowest BCUT2D eigenvalue weighted by molar-refractivity contribution is 0.601. The summed E-state index contributed by atoms with van der Waals surface area (Å²) in [5.74, 6) is 0. The summed E-state index contributed by atoms with van der Waals surface area (Å²) in [5.41, 5.74) is 2.42. The van der Waals surface area contributed by atoms with Gasteiger partial charge in [-0.1, -0.05) is 54.7 Å². The minimum atomic E-state index is -3.66. The van der Waals surface area contributed by atoms with Crippen LogP contribution in [0.5, 0.6) is 0 Å². The van der Waals surface area contributed by atoms with E-state index in [1.807, 2.05) is 18.2 Å². The SMILES string of the molecule is CCCc1ccc(S(=O)(=O)Nc2cnn(Cc3ccc(Cl)c(Cl)c3)c2)cc1. The molecule has 27 heavy (non-hydrogen) atoms. The van der Waals surface area contributed by atoms with Crippen molar-refractivity contribution in [2.45, 2.75) is 31.2 Å². The number of aromatic nitrogens is 2. The zero-order valence-corrected chi connectivity index (χ0v) is 17.0. The first kappa shape index (κ1) is 19.7. The normalized spacial score (nSPS) is 11.5. The zero-order valence-electron chi connectivity index (χ0n) is 14.7. The average Bonchev–Trinajstić information content (AvgIpc) is 3.05. The Bertz CT molecular complexity index is 1030. The number of sulfonamides is 1. The molecule has 0 amide bonds. The summed E-state index contributed by atoms with van der Waals surface area (Å²) in [6.45, 7) is 2.53. The molecule has 0 aliphatic heterocycles. The minimum absolute atomic E-state index is 0.222. The standard InChI is InChI=1S/C19H19Cl2N3O2S/c1-2-3-14-4-7-17(8-5-14)27(25,26)23-16-11-22-24(13-16)12-15-6-9-18(20)19(21)10-15/h4-11,13,23H,2-3,12H2,1H3. The van der Waals surface area contributed by atoms with Crippen LogP contribution in [0.25, 0.3) is 0 Å². The monoisotopic (exact) mass is 423 g/mol. The van der Waals surface area contributed by atoms with E-state index in [4.69, 9.17) is 23.2 Å². The Morgan fingerprint density at radius 3 is 2.41 bits per heavy atom. The Kier molecular flexibility index (Phi) is 6.09. The van der Waals surface area contributed by atoms with Gasteiger partial charge >= 0.3 is 0 Å². The lowest BCUT2D eigenvalue weighted by Crippen LogP contribution is -2.12. The maximum absolute atomic E-state index is 12.5. The molecule has 0 spiro atoms. The second-order valence-electron chi connectivity index (χ2n) is 6.17. The van der Waals surface area contributed by atoms with Crippen LogP contribution in [0.15, 0.2) is 59.8 Å². The van der Waals surface area contributed by atoms with E-state index in [1.54, 1.807) is 35.1 Å². The Hall–Kier alpha value is -2.02. The molecule has 8 heteroatoms. The number of hydrogen-bond donors (Lipinski definition) is 1. The number of aryl methyl sites for hydroxylation is 1. The molecule has 5 nitrogen and oxygen atoms in total. The number of benzene rings is 2. The van der Waals surface area contributed by atoms with Gasteiger partial charge in [-0.3, -0.25) is 9.40 Å². The van der Waals surface area contributed by atoms with Crippen molar-refractivity contribution < 1.29 is 8.42 Å². The minimum Gasteiger partial charge on any atom is -0.276 e. The van der Waals surface area contributed by atoms with Gasteiger partial charge in [-0.2, -0.15) is 5.10 Å². The van der Waals surface area contributed by atoms with E-state index in [1.165, 1.54) is 6.20 Å². The number of rotatable bonds is 7. The van der Waals surface area contributed by atoms with Gasteiger partial charge in [-0.15, -0.1) is 0 Å². The van der Waals surface area contributed by atoms with E-state index in [-0.39, 0.29) is 4.90 Å². The van der Waals surface area contributed by atoms with Gasteiger partial charge in [-0.05, 0) is 41.8 Å². The lowest BCUT2D eigenvalue weighted by atomic mass is 10.1. The van der Waals surface area contributed by atoms with Gasteiger partial charge in [0.2, 0.25) is 0 Å². The molecule has 0 aliphatic carbocycles. The summed E-state index contributed by atoms with van der Waals surface area (Å²) in [5, 5.41) is 5.15. The molecular formula is C19H19Cl2N3O2S. The molecule has 0 aliphatic rings. The fourth-order valence-corrected chi connectivity index (χ4v) is 4.01. The molecule has 0 bridgehead atoms. The predicted octanol–water partition coefficient (Wildman–Crippen LogP) is 4.99. The van der Waals surface area contributed by atoms with Crippen LogP contribution in [0, 0.1) is 0 Å². The van der Waals surface area contributed by atoms with Crippen molar-refractivity contribution in [3.63, 3.8) is 0 Å². The van der Waals surface area contributed by atoms with Gasteiger partial charge in [-0.25, -0.2) is 8.42 Å². The van der Waals surface area contributed by atoms with Crippen LogP contribution in [0.3, 0.4) is 0 Å². The van der Waals surface area contributed by atoms with Crippen molar-refractivity contribution in [2.24, 2.45) is 0 Å². The lowest BCUT2D eigenvalue weighted by Gasteiger charge is -2.07. The van der Waals surface area contributed by atoms with Crippen LogP contribution >= 0.6 is 23.2 Å². The van der Waals surface area contributed by atoms with E-state index < -0.39 is 10.0 Å². The highest BCUT2D eigenvalue weighted by Crippen LogP contribution is 2.23. The second-order valence-corrected chi connectivity index (χ2v) is 8.67. The molecule has 0 fully saturated rings. The summed E-state index contributed by atoms with van der Waals surface area (Å²) in [6.07, 6.45) is 5.05. The van der Waals surface area contributed by atoms with Crippen LogP contribution in [-0.4, -0.2) is 18.2 Å². The van der Waals surface area contributed by atoms with Crippen molar-refractivity contribution >= 4 is 38.9 Å². The van der Waals surface area contributed by atoms with E-state index >= 15 is 0 Å². The van der Waals surface area contributed by atoms with Crippen molar-refractivity contribution in [3.8, 4) is 0 Å². The summed E-state index contributed by atoms with van der Waals surface area (Å²) in [4.78, 5) is 0.222. The second kappa shape index (κ2) is 8.33. The Morgan fingerprint density at radius 1 is 1.04 bits per heavy atom. The third kappa shape index (κ3) is 5.03. The molecule has 2 aromatic carbocycles. The summed E-state index contributed by atoms with van der Waals surface area (Å²) in [6, 6.07) is 12.2. The van der Waals surface area contributed by atoms with Gasteiger partial charge in [0.25, 0.3) is 10.0 Å². The molecule has 1 N–H and O–H groups in total. The van der Waals surface area contributed by atoms with Crippen molar-refractivity contribution in [1.82, 2.24) is 9.78 Å². The molecule has 1 heterocycles. The quantitative estimate of drug-likeness (QED) is 0.581. The van der Waals surface area contributed by atoms with Gasteiger partial charge < -0.3 is 0 Å². The van der Waals surface area contributed by atoms with E-state index in [2.05, 4.69) is 16.7 Å². The molecule has 0 radical (unpaired) electrons. The molecule has 1 aromatic heterocycles. The van der Waals surface area contributed by atoms with Gasteiger partial charge in [0, 0.05) is 6.20 Å². The highest BCUT2D eigenvalue weighted by atomic mass is 35.5. The smallest absolute Gasteiger partial charge is 0.261 e. The molecule has 0 saturated heterocycles. The third-order valence-electron chi connectivity index (χ3n) is 3.99. The van der Waals surface area contributed by atoms with Crippen LogP contribution in [0.2, 0.25) is 10.0 Å². The van der Waals surface area contributed by atoms with Gasteiger partial charge in [0.05, 0.1) is 33.4 Å². The summed E-state index contributed by atoms with van der Waals surface area (Å²) < 4.78 is 29.3. The molecule has 3 aromatic rings. The highest BCUT2D eigenvalue weighted by Gasteiger charge is 2.15. The topological polar surface area (TPSA) is 64.0 Å². The molecule has 0 atom stereocenters. The first-order valence-corrected chi connectivity index (χ1v) is 10.7. The summed E-state index contributed by atoms with van der Waals surface area (Å²) in [7, 11) is -3.66. The van der Waals surface area contributed by atoms with Gasteiger partial charge in [0.1, 0.15) is 0 Å². The first-order valence-electron chi connectivity index (χ1n) is 8.45. The van der Waals surface area contributed by atoms with Gasteiger partial charge in [0.15, 0.2) is 0 Å². The summed E-state index contributed by atoms with van der Waals surface area (Å²) >= 11 is 11.9. The zero-order chi connectivity index (χ0) is 19.4. The van der Waals surface area contributed by atoms with Crippen molar-refractivity contribution in [1.29, 1.82) is 0 Å². The average molecular weight is 424 g/mol. The van der Waals surface area contributed by atoms with Crippen LogP contribution in [0.1, 0.15) is 24.5 Å². The largest absolute Gasteiger partial charge is 0.276 e. The first-order chi connectivity index (χ1) is 12.9. The predicted molar refractivity (Wildman–Crippen MR) is 109 cm³/mol. The molecular weight excluding hydrogens is 405 g/mol. The Labute approximate surface area is 169 Å². The maximum Gasteiger partial charge on any atom is 0.261 e. The number of anilines is 1. The molecule has 3 rings (SSSR count). The number of nitrogens with one attached hydrogen (secondary N) is 1. The maximum atomic E-state index is 12.5. The fraction of sp³-hybridized carbons (Fsp3) is 0.211. The Morgan fingerprint density at radius 2 is 1.74 bits per heavy atom. The number of hydrogen-bond acceptors (Lipinski definition) is 3.